The Labute approximate surface area is 206 Å². The molecule has 1 aromatic carbocycles. The van der Waals surface area contributed by atoms with Gasteiger partial charge in [-0.2, -0.15) is 18.2 Å². The topological polar surface area (TPSA) is 105 Å². The quantitative estimate of drug-likeness (QED) is 0.186. The van der Waals surface area contributed by atoms with Gasteiger partial charge in [-0.05, 0) is 12.1 Å². The molecule has 0 saturated heterocycles. The van der Waals surface area contributed by atoms with Crippen molar-refractivity contribution in [1.82, 2.24) is 9.97 Å². The van der Waals surface area contributed by atoms with E-state index in [1.165, 1.54) is 0 Å². The smallest absolute Gasteiger partial charge is 0.0249 e. The van der Waals surface area contributed by atoms with Crippen LogP contribution in [0.3, 0.4) is 0 Å². The van der Waals surface area contributed by atoms with Crippen LogP contribution in [0.25, 0.3) is 0 Å². The molecule has 0 unspecified atom stereocenters. The van der Waals surface area contributed by atoms with Gasteiger partial charge >= 0.3 is 45.2 Å². The number of nitrogens with zero attached hydrogens (tertiary/aromatic N) is 2. The van der Waals surface area contributed by atoms with Gasteiger partial charge in [0.15, 0.2) is 0 Å². The van der Waals surface area contributed by atoms with E-state index in [9.17, 15) is 0 Å². The van der Waals surface area contributed by atoms with Gasteiger partial charge in [-0.3, -0.25) is 9.97 Å². The summed E-state index contributed by atoms with van der Waals surface area (Å²) >= 11 is 9.40. The number of pyridine rings is 2. The van der Waals surface area contributed by atoms with Gasteiger partial charge in [0.05, 0.1) is 0 Å². The van der Waals surface area contributed by atoms with Crippen molar-refractivity contribution in [1.29, 1.82) is 0 Å². The zero-order valence-corrected chi connectivity index (χ0v) is 19.5. The Kier molecular flexibility index (Phi) is 64.8. The molecular weight excluding hydrogens is 535 g/mol. The predicted molar refractivity (Wildman–Crippen MR) is 97.5 cm³/mol. The van der Waals surface area contributed by atoms with Crippen molar-refractivity contribution in [3.8, 4) is 0 Å². The standard InChI is InChI=1S/2C5H5NS.C5H5.4CO.Mn.Mo/c2*7-5-3-1-2-4-6-5;1-2-4-5-3-1;4*1-2;;/h2*1-4H,(H,6,7);1-5H;;;;;;/q;;-1;;;;;;/p-2. The molecule has 0 spiro atoms. The Morgan fingerprint density at radius 3 is 1.03 bits per heavy atom. The van der Waals surface area contributed by atoms with E-state index in [1.54, 1.807) is 24.5 Å². The molecule has 0 aliphatic heterocycles. The second-order valence-electron chi connectivity index (χ2n) is 3.30. The molecule has 3 rings (SSSR count). The molecule has 0 bridgehead atoms. The largest absolute Gasteiger partial charge is 0.760 e. The molecule has 0 aliphatic carbocycles. The van der Waals surface area contributed by atoms with Crippen LogP contribution in [0.5, 0.6) is 0 Å². The third-order valence-corrected chi connectivity index (χ3v) is 2.31. The monoisotopic (exact) mass is 550 g/mol. The van der Waals surface area contributed by atoms with E-state index in [0.717, 1.165) is 0 Å². The van der Waals surface area contributed by atoms with Crippen molar-refractivity contribution in [2.45, 2.75) is 10.1 Å². The summed E-state index contributed by atoms with van der Waals surface area (Å²) in [6.45, 7) is 18.0. The van der Waals surface area contributed by atoms with Crippen molar-refractivity contribution in [2.75, 3.05) is 0 Å². The fourth-order valence-corrected chi connectivity index (χ4v) is 1.29. The Balaban J connectivity index is -0.0000000571. The number of hydrogen-bond acceptors (Lipinski definition) is 4. The minimum absolute atomic E-state index is 0. The van der Waals surface area contributed by atoms with E-state index in [0.29, 0.717) is 10.1 Å². The normalized spacial score (nSPS) is 5.79. The first-order valence-corrected chi connectivity index (χ1v) is 7.25. The number of hydrogen-bond donors (Lipinski definition) is 0. The fourth-order valence-electron chi connectivity index (χ4n) is 1.01. The SMILES string of the molecule is [C-]#[O+].[C-]#[O+].[C-]#[O+].[C-]#[O+].[Mn].[Mo].[S-]c1ccccn1.[S-]c1ccccn1.c1cc[cH-]c1. The van der Waals surface area contributed by atoms with Crippen LogP contribution < -0.4 is 0 Å². The van der Waals surface area contributed by atoms with Gasteiger partial charge in [0.25, 0.3) is 0 Å². The van der Waals surface area contributed by atoms with Crippen LogP contribution in [0.4, 0.5) is 0 Å². The van der Waals surface area contributed by atoms with E-state index in [4.69, 9.17) is 43.9 Å². The summed E-state index contributed by atoms with van der Waals surface area (Å²) in [7, 11) is 0. The maximum absolute atomic E-state index is 7.50. The van der Waals surface area contributed by atoms with Crippen LogP contribution in [0, 0.1) is 26.6 Å². The summed E-state index contributed by atoms with van der Waals surface area (Å²) in [4.78, 5) is 7.59. The van der Waals surface area contributed by atoms with Crippen LogP contribution in [0.2, 0.25) is 0 Å². The Morgan fingerprint density at radius 1 is 0.621 bits per heavy atom. The molecule has 151 valence electrons. The third kappa shape index (κ3) is 41.7. The first-order chi connectivity index (χ1) is 13.3. The summed E-state index contributed by atoms with van der Waals surface area (Å²) < 4.78 is 30.0. The zero-order chi connectivity index (χ0) is 21.8. The first kappa shape index (κ1) is 41.6. The molecule has 2 heterocycles. The first-order valence-electron chi connectivity index (χ1n) is 6.43. The molecule has 2 aromatic heterocycles. The maximum atomic E-state index is 7.50. The molecule has 0 amide bonds. The van der Waals surface area contributed by atoms with Crippen LogP contribution >= 0.6 is 0 Å². The van der Waals surface area contributed by atoms with Gasteiger partial charge in [0.2, 0.25) is 0 Å². The second-order valence-corrected chi connectivity index (χ2v) is 4.13. The van der Waals surface area contributed by atoms with Gasteiger partial charge < -0.3 is 25.3 Å². The molecule has 29 heavy (non-hydrogen) atoms. The number of rotatable bonds is 0. The van der Waals surface area contributed by atoms with E-state index < -0.39 is 0 Å². The van der Waals surface area contributed by atoms with Crippen molar-refractivity contribution in [3.05, 3.63) is 106 Å². The van der Waals surface area contributed by atoms with Gasteiger partial charge in [-0.25, -0.2) is 12.1 Å². The second kappa shape index (κ2) is 45.2. The molecule has 6 nitrogen and oxygen atoms in total. The predicted octanol–water partition coefficient (Wildman–Crippen LogP) is 3.23. The Bertz CT molecular complexity index is 617. The zero-order valence-electron chi connectivity index (χ0n) is 14.6. The van der Waals surface area contributed by atoms with Crippen LogP contribution in [0.1, 0.15) is 0 Å². The average molecular weight is 548 g/mol. The van der Waals surface area contributed by atoms with E-state index in [-0.39, 0.29) is 38.1 Å². The van der Waals surface area contributed by atoms with Crippen LogP contribution in [-0.2, 0) is 82.0 Å². The molecule has 0 saturated carbocycles. The molecule has 0 atom stereocenters. The van der Waals surface area contributed by atoms with Gasteiger partial charge in [-0.1, -0.05) is 34.3 Å². The molecular formula is C19H13MnMoN2O4S2-3. The molecule has 10 heteroatoms. The molecule has 0 N–H and O–H groups in total. The van der Waals surface area contributed by atoms with Crippen molar-refractivity contribution < 1.29 is 56.7 Å². The van der Waals surface area contributed by atoms with Crippen LogP contribution in [0.15, 0.2) is 89.2 Å². The molecule has 0 aliphatic rings. The van der Waals surface area contributed by atoms with Crippen LogP contribution in [-0.4, -0.2) is 9.97 Å². The summed E-state index contributed by atoms with van der Waals surface area (Å²) in [6, 6.07) is 21.0. The maximum Gasteiger partial charge on any atom is 0.0249 e. The molecule has 0 fully saturated rings. The minimum Gasteiger partial charge on any atom is -0.760 e. The minimum atomic E-state index is 0. The van der Waals surface area contributed by atoms with E-state index in [2.05, 4.69) is 36.6 Å². The van der Waals surface area contributed by atoms with Crippen molar-refractivity contribution in [2.24, 2.45) is 0 Å². The third-order valence-electron chi connectivity index (χ3n) is 1.83. The van der Waals surface area contributed by atoms with Crippen molar-refractivity contribution >= 4 is 25.3 Å². The van der Waals surface area contributed by atoms with E-state index >= 15 is 0 Å². The van der Waals surface area contributed by atoms with Crippen molar-refractivity contribution in [3.63, 3.8) is 0 Å². The summed E-state index contributed by atoms with van der Waals surface area (Å²) in [5.74, 6) is 0. The van der Waals surface area contributed by atoms with E-state index in [1.807, 2.05) is 54.6 Å². The van der Waals surface area contributed by atoms with Gasteiger partial charge in [-0.15, -0.1) is 0 Å². The summed E-state index contributed by atoms with van der Waals surface area (Å²) in [5, 5.41) is 1.31. The van der Waals surface area contributed by atoms with Gasteiger partial charge in [0, 0.05) is 50.5 Å². The van der Waals surface area contributed by atoms with Gasteiger partial charge in [0.1, 0.15) is 0 Å². The Hall–Kier alpha value is -1.74. The number of aromatic nitrogens is 2. The average Bonchev–Trinajstić information content (AvgIpc) is 3.36. The molecule has 3 aromatic rings. The Morgan fingerprint density at radius 2 is 0.931 bits per heavy atom. The summed E-state index contributed by atoms with van der Waals surface area (Å²) in [6.07, 6.45) is 3.37. The fraction of sp³-hybridized carbons (Fsp3) is 0. The molecule has 1 radical (unpaired) electrons. The summed E-state index contributed by atoms with van der Waals surface area (Å²) in [5.41, 5.74) is 0.